The maximum atomic E-state index is 10.7. The Kier molecular flexibility index (Phi) is 6.54. The van der Waals surface area contributed by atoms with Crippen molar-refractivity contribution in [1.82, 2.24) is 5.32 Å². The molecular weight excluding hydrogens is 178 g/mol. The second-order valence-electron chi connectivity index (χ2n) is 4.27. The van der Waals surface area contributed by atoms with Gasteiger partial charge in [-0.25, -0.2) is 0 Å². The highest BCUT2D eigenvalue weighted by molar-refractivity contribution is 5.77. The van der Waals surface area contributed by atoms with Crippen LogP contribution in [-0.2, 0) is 4.79 Å². The zero-order valence-electron chi connectivity index (χ0n) is 9.60. The summed E-state index contributed by atoms with van der Waals surface area (Å²) in [6.45, 7) is 6.37. The topological polar surface area (TPSA) is 49.3 Å². The van der Waals surface area contributed by atoms with Gasteiger partial charge in [0.2, 0.25) is 0 Å². The Balaban J connectivity index is 3.40. The van der Waals surface area contributed by atoms with Crippen LogP contribution in [0.5, 0.6) is 0 Å². The first-order valence-electron chi connectivity index (χ1n) is 5.49. The lowest BCUT2D eigenvalue weighted by Gasteiger charge is -2.20. The molecule has 2 N–H and O–H groups in total. The zero-order chi connectivity index (χ0) is 11.0. The first-order valence-corrected chi connectivity index (χ1v) is 5.49. The summed E-state index contributed by atoms with van der Waals surface area (Å²) in [5.41, 5.74) is -0.787. The lowest BCUT2D eigenvalue weighted by Crippen LogP contribution is -2.46. The average Bonchev–Trinajstić information content (AvgIpc) is 2.10. The van der Waals surface area contributed by atoms with Crippen LogP contribution >= 0.6 is 0 Å². The van der Waals surface area contributed by atoms with Crippen LogP contribution in [0.1, 0.15) is 52.9 Å². The fraction of sp³-hybridized carbons (Fsp3) is 0.909. The molecular formula is C11H23NO2. The Morgan fingerprint density at radius 1 is 1.21 bits per heavy atom. The van der Waals surface area contributed by atoms with E-state index in [1.165, 1.54) is 25.7 Å². The molecule has 0 aromatic heterocycles. The summed E-state index contributed by atoms with van der Waals surface area (Å²) in [5.74, 6) is -0.786. The normalized spacial score (nSPS) is 11.6. The van der Waals surface area contributed by atoms with Crippen LogP contribution in [-0.4, -0.2) is 23.2 Å². The van der Waals surface area contributed by atoms with Crippen molar-refractivity contribution >= 4 is 5.97 Å². The molecule has 0 spiro atoms. The van der Waals surface area contributed by atoms with Gasteiger partial charge in [0.15, 0.2) is 0 Å². The Hall–Kier alpha value is -0.570. The van der Waals surface area contributed by atoms with Gasteiger partial charge < -0.3 is 10.4 Å². The highest BCUT2D eigenvalue weighted by atomic mass is 16.4. The molecule has 0 radical (unpaired) electrons. The molecule has 0 amide bonds. The molecule has 0 unspecified atom stereocenters. The van der Waals surface area contributed by atoms with Crippen molar-refractivity contribution in [3.63, 3.8) is 0 Å². The van der Waals surface area contributed by atoms with Gasteiger partial charge in [-0.15, -0.1) is 0 Å². The van der Waals surface area contributed by atoms with Gasteiger partial charge >= 0.3 is 5.97 Å². The Morgan fingerprint density at radius 2 is 1.79 bits per heavy atom. The van der Waals surface area contributed by atoms with Crippen molar-refractivity contribution in [3.8, 4) is 0 Å². The van der Waals surface area contributed by atoms with E-state index >= 15 is 0 Å². The van der Waals surface area contributed by atoms with Gasteiger partial charge in [0.25, 0.3) is 0 Å². The number of rotatable bonds is 8. The highest BCUT2D eigenvalue weighted by Gasteiger charge is 2.25. The van der Waals surface area contributed by atoms with Gasteiger partial charge in [-0.05, 0) is 26.8 Å². The van der Waals surface area contributed by atoms with Crippen molar-refractivity contribution < 1.29 is 9.90 Å². The van der Waals surface area contributed by atoms with Crippen LogP contribution < -0.4 is 5.32 Å². The van der Waals surface area contributed by atoms with E-state index in [1.54, 1.807) is 13.8 Å². The van der Waals surface area contributed by atoms with E-state index < -0.39 is 11.5 Å². The van der Waals surface area contributed by atoms with E-state index in [2.05, 4.69) is 12.2 Å². The third-order valence-corrected chi connectivity index (χ3v) is 2.38. The smallest absolute Gasteiger partial charge is 0.323 e. The Morgan fingerprint density at radius 3 is 2.29 bits per heavy atom. The first-order chi connectivity index (χ1) is 6.50. The standard InChI is InChI=1S/C11H23NO2/c1-4-5-6-7-8-9-12-11(2,3)10(13)14/h12H,4-9H2,1-3H3,(H,13,14). The predicted octanol–water partition coefficient (Wildman–Crippen LogP) is 2.41. The molecule has 0 atom stereocenters. The summed E-state index contributed by atoms with van der Waals surface area (Å²) in [7, 11) is 0. The van der Waals surface area contributed by atoms with Gasteiger partial charge in [0.1, 0.15) is 5.54 Å². The lowest BCUT2D eigenvalue weighted by molar-refractivity contribution is -0.143. The third-order valence-electron chi connectivity index (χ3n) is 2.38. The van der Waals surface area contributed by atoms with Gasteiger partial charge in [0, 0.05) is 0 Å². The van der Waals surface area contributed by atoms with E-state index in [-0.39, 0.29) is 0 Å². The van der Waals surface area contributed by atoms with Crippen molar-refractivity contribution in [1.29, 1.82) is 0 Å². The van der Waals surface area contributed by atoms with E-state index in [4.69, 9.17) is 5.11 Å². The molecule has 0 heterocycles. The van der Waals surface area contributed by atoms with Crippen molar-refractivity contribution in [2.45, 2.75) is 58.4 Å². The summed E-state index contributed by atoms with van der Waals surface area (Å²) in [6.07, 6.45) is 6.04. The van der Waals surface area contributed by atoms with Crippen molar-refractivity contribution in [3.05, 3.63) is 0 Å². The number of aliphatic carboxylic acids is 1. The largest absolute Gasteiger partial charge is 0.480 e. The molecule has 0 rings (SSSR count). The van der Waals surface area contributed by atoms with Gasteiger partial charge in [0.05, 0.1) is 0 Å². The van der Waals surface area contributed by atoms with Crippen molar-refractivity contribution in [2.75, 3.05) is 6.54 Å². The van der Waals surface area contributed by atoms with Crippen LogP contribution in [0.3, 0.4) is 0 Å². The van der Waals surface area contributed by atoms with Crippen LogP contribution in [0, 0.1) is 0 Å². The van der Waals surface area contributed by atoms with Crippen LogP contribution in [0.15, 0.2) is 0 Å². The Labute approximate surface area is 86.9 Å². The molecule has 3 heteroatoms. The number of hydrogen-bond acceptors (Lipinski definition) is 2. The summed E-state index contributed by atoms with van der Waals surface area (Å²) >= 11 is 0. The molecule has 0 aliphatic carbocycles. The average molecular weight is 201 g/mol. The number of hydrogen-bond donors (Lipinski definition) is 2. The van der Waals surface area contributed by atoms with E-state index in [0.717, 1.165) is 13.0 Å². The molecule has 0 saturated heterocycles. The summed E-state index contributed by atoms with van der Waals surface area (Å²) in [4.78, 5) is 10.7. The second kappa shape index (κ2) is 6.82. The zero-order valence-corrected chi connectivity index (χ0v) is 9.60. The molecule has 0 fully saturated rings. The number of unbranched alkanes of at least 4 members (excludes halogenated alkanes) is 4. The fourth-order valence-electron chi connectivity index (χ4n) is 1.21. The van der Waals surface area contributed by atoms with Crippen molar-refractivity contribution in [2.24, 2.45) is 0 Å². The second-order valence-corrected chi connectivity index (χ2v) is 4.27. The number of carboxylic acid groups (broad SMARTS) is 1. The fourth-order valence-corrected chi connectivity index (χ4v) is 1.21. The first kappa shape index (κ1) is 13.4. The number of carbonyl (C=O) groups is 1. The highest BCUT2D eigenvalue weighted by Crippen LogP contribution is 2.04. The number of carboxylic acids is 1. The van der Waals surface area contributed by atoms with Gasteiger partial charge in [-0.3, -0.25) is 4.79 Å². The lowest BCUT2D eigenvalue weighted by atomic mass is 10.1. The quantitative estimate of drug-likeness (QED) is 0.593. The SMILES string of the molecule is CCCCCCCNC(C)(C)C(=O)O. The third kappa shape index (κ3) is 5.97. The van der Waals surface area contributed by atoms with Gasteiger partial charge in [-0.2, -0.15) is 0 Å². The number of nitrogens with one attached hydrogen (secondary N) is 1. The molecule has 14 heavy (non-hydrogen) atoms. The maximum absolute atomic E-state index is 10.7. The van der Waals surface area contributed by atoms with Crippen LogP contribution in [0.25, 0.3) is 0 Å². The predicted molar refractivity (Wildman–Crippen MR) is 58.5 cm³/mol. The summed E-state index contributed by atoms with van der Waals surface area (Å²) in [5, 5.41) is 11.9. The summed E-state index contributed by atoms with van der Waals surface area (Å²) < 4.78 is 0. The molecule has 0 bridgehead atoms. The molecule has 84 valence electrons. The molecule has 0 aliphatic rings. The maximum Gasteiger partial charge on any atom is 0.323 e. The van der Waals surface area contributed by atoms with Crippen LogP contribution in [0.2, 0.25) is 0 Å². The van der Waals surface area contributed by atoms with Crippen LogP contribution in [0.4, 0.5) is 0 Å². The van der Waals surface area contributed by atoms with E-state index in [1.807, 2.05) is 0 Å². The minimum atomic E-state index is -0.787. The van der Waals surface area contributed by atoms with E-state index in [9.17, 15) is 4.79 Å². The molecule has 3 nitrogen and oxygen atoms in total. The minimum absolute atomic E-state index is 0.786. The molecule has 0 aliphatic heterocycles. The van der Waals surface area contributed by atoms with E-state index in [0.29, 0.717) is 0 Å². The monoisotopic (exact) mass is 201 g/mol. The molecule has 0 saturated carbocycles. The minimum Gasteiger partial charge on any atom is -0.480 e. The molecule has 0 aromatic rings. The van der Waals surface area contributed by atoms with Gasteiger partial charge in [-0.1, -0.05) is 32.6 Å². The summed E-state index contributed by atoms with van der Waals surface area (Å²) in [6, 6.07) is 0. The Bertz CT molecular complexity index is 167. The molecule has 0 aromatic carbocycles.